The maximum Gasteiger partial charge on any atom is 0.257 e. The number of ether oxygens (including phenoxy) is 1. The highest BCUT2D eigenvalue weighted by Gasteiger charge is 2.22. The number of amides is 2. The smallest absolute Gasteiger partial charge is 0.257 e. The standard InChI is InChI=1S/C26H27N3O3S/c1-2-3-17-32-22-16-10-15-21(18-22)24(30)27-26(33)29-28-25(31)23(19-11-6-4-7-12-19)20-13-8-5-9-14-20/h4-16,18,23H,2-3,17H2,1H3,(H,28,31)(H2,27,29,30,33). The van der Waals surface area contributed by atoms with Crippen molar-refractivity contribution in [1.29, 1.82) is 0 Å². The summed E-state index contributed by atoms with van der Waals surface area (Å²) in [5.41, 5.74) is 7.34. The Bertz CT molecular complexity index is 1030. The van der Waals surface area contributed by atoms with E-state index in [0.717, 1.165) is 24.0 Å². The van der Waals surface area contributed by atoms with Crippen LogP contribution >= 0.6 is 12.2 Å². The summed E-state index contributed by atoms with van der Waals surface area (Å²) in [7, 11) is 0. The van der Waals surface area contributed by atoms with Gasteiger partial charge in [-0.1, -0.05) is 80.1 Å². The lowest BCUT2D eigenvalue weighted by molar-refractivity contribution is -0.122. The van der Waals surface area contributed by atoms with Crippen molar-refractivity contribution < 1.29 is 14.3 Å². The lowest BCUT2D eigenvalue weighted by Gasteiger charge is -2.19. The molecule has 0 heterocycles. The average Bonchev–Trinajstić information content (AvgIpc) is 2.85. The topological polar surface area (TPSA) is 79.5 Å². The molecule has 33 heavy (non-hydrogen) atoms. The molecule has 170 valence electrons. The summed E-state index contributed by atoms with van der Waals surface area (Å²) in [6, 6.07) is 25.8. The minimum absolute atomic E-state index is 0.00877. The number of rotatable bonds is 8. The van der Waals surface area contributed by atoms with E-state index >= 15 is 0 Å². The van der Waals surface area contributed by atoms with Crippen molar-refractivity contribution in [3.05, 3.63) is 102 Å². The molecule has 3 rings (SSSR count). The Morgan fingerprint density at radius 3 is 2.12 bits per heavy atom. The number of benzene rings is 3. The molecule has 0 aromatic heterocycles. The summed E-state index contributed by atoms with van der Waals surface area (Å²) in [6.45, 7) is 2.68. The number of thiocarbonyl (C=S) groups is 1. The SMILES string of the molecule is CCCCOc1cccc(C(=O)NC(=S)NNC(=O)C(c2ccccc2)c2ccccc2)c1. The van der Waals surface area contributed by atoms with E-state index in [1.54, 1.807) is 24.3 Å². The van der Waals surface area contributed by atoms with Gasteiger partial charge in [-0.05, 0) is 48.0 Å². The highest BCUT2D eigenvalue weighted by molar-refractivity contribution is 7.80. The van der Waals surface area contributed by atoms with Crippen molar-refractivity contribution in [2.24, 2.45) is 0 Å². The molecular weight excluding hydrogens is 434 g/mol. The minimum atomic E-state index is -0.532. The first-order chi connectivity index (χ1) is 16.1. The second-order valence-electron chi connectivity index (χ2n) is 7.38. The molecule has 3 aromatic carbocycles. The third-order valence-electron chi connectivity index (χ3n) is 4.92. The fourth-order valence-corrected chi connectivity index (χ4v) is 3.39. The molecule has 0 unspecified atom stereocenters. The predicted molar refractivity (Wildman–Crippen MR) is 133 cm³/mol. The first-order valence-corrected chi connectivity index (χ1v) is 11.2. The monoisotopic (exact) mass is 461 g/mol. The van der Waals surface area contributed by atoms with Crippen LogP contribution in [-0.2, 0) is 4.79 Å². The quantitative estimate of drug-likeness (QED) is 0.264. The van der Waals surface area contributed by atoms with Crippen molar-refractivity contribution >= 4 is 29.1 Å². The molecule has 0 saturated heterocycles. The van der Waals surface area contributed by atoms with Gasteiger partial charge in [-0.15, -0.1) is 0 Å². The Morgan fingerprint density at radius 1 is 0.879 bits per heavy atom. The summed E-state index contributed by atoms with van der Waals surface area (Å²) in [6.07, 6.45) is 1.97. The average molecular weight is 462 g/mol. The van der Waals surface area contributed by atoms with Crippen LogP contribution in [0.1, 0.15) is 47.2 Å². The molecule has 0 aliphatic rings. The van der Waals surface area contributed by atoms with Crippen LogP contribution < -0.4 is 20.9 Å². The largest absolute Gasteiger partial charge is 0.494 e. The zero-order valence-electron chi connectivity index (χ0n) is 18.4. The van der Waals surface area contributed by atoms with E-state index in [0.29, 0.717) is 17.9 Å². The van der Waals surface area contributed by atoms with Gasteiger partial charge in [-0.2, -0.15) is 0 Å². The van der Waals surface area contributed by atoms with E-state index in [1.165, 1.54) is 0 Å². The molecule has 2 amide bonds. The number of carbonyl (C=O) groups is 2. The van der Waals surface area contributed by atoms with Gasteiger partial charge in [0.05, 0.1) is 12.5 Å². The molecule has 0 radical (unpaired) electrons. The number of hydrogen-bond acceptors (Lipinski definition) is 4. The Labute approximate surface area is 199 Å². The molecule has 0 spiro atoms. The van der Waals surface area contributed by atoms with Crippen LogP contribution in [-0.4, -0.2) is 23.5 Å². The molecule has 3 N–H and O–H groups in total. The molecular formula is C26H27N3O3S. The minimum Gasteiger partial charge on any atom is -0.494 e. The zero-order valence-corrected chi connectivity index (χ0v) is 19.2. The number of hydrazine groups is 1. The number of hydrogen-bond donors (Lipinski definition) is 3. The van der Waals surface area contributed by atoms with E-state index in [2.05, 4.69) is 23.1 Å². The van der Waals surface area contributed by atoms with E-state index in [4.69, 9.17) is 17.0 Å². The van der Waals surface area contributed by atoms with Gasteiger partial charge in [0.1, 0.15) is 5.75 Å². The Hall–Kier alpha value is -3.71. The summed E-state index contributed by atoms with van der Waals surface area (Å²) in [5, 5.41) is 2.57. The van der Waals surface area contributed by atoms with Crippen LogP contribution in [0.2, 0.25) is 0 Å². The molecule has 0 fully saturated rings. The van der Waals surface area contributed by atoms with Crippen molar-refractivity contribution in [3.8, 4) is 5.75 Å². The fraction of sp³-hybridized carbons (Fsp3) is 0.192. The van der Waals surface area contributed by atoms with E-state index in [1.807, 2.05) is 60.7 Å². The van der Waals surface area contributed by atoms with Gasteiger partial charge in [0.2, 0.25) is 5.91 Å². The predicted octanol–water partition coefficient (Wildman–Crippen LogP) is 4.33. The summed E-state index contributed by atoms with van der Waals surface area (Å²) in [4.78, 5) is 25.6. The van der Waals surface area contributed by atoms with E-state index in [-0.39, 0.29) is 11.0 Å². The van der Waals surface area contributed by atoms with Crippen molar-refractivity contribution in [1.82, 2.24) is 16.2 Å². The van der Waals surface area contributed by atoms with Gasteiger partial charge in [-0.25, -0.2) is 0 Å². The Kier molecular flexibility index (Phi) is 8.97. The second kappa shape index (κ2) is 12.4. The molecule has 3 aromatic rings. The Balaban J connectivity index is 1.59. The number of carbonyl (C=O) groups excluding carboxylic acids is 2. The molecule has 7 heteroatoms. The lowest BCUT2D eigenvalue weighted by atomic mass is 9.91. The molecule has 0 saturated carbocycles. The van der Waals surface area contributed by atoms with Gasteiger partial charge in [0, 0.05) is 5.56 Å². The fourth-order valence-electron chi connectivity index (χ4n) is 3.24. The van der Waals surface area contributed by atoms with Crippen LogP contribution in [0.25, 0.3) is 0 Å². The van der Waals surface area contributed by atoms with E-state index < -0.39 is 11.8 Å². The van der Waals surface area contributed by atoms with E-state index in [9.17, 15) is 9.59 Å². The van der Waals surface area contributed by atoms with Crippen LogP contribution in [0, 0.1) is 0 Å². The first-order valence-electron chi connectivity index (χ1n) is 10.8. The maximum atomic E-state index is 13.0. The summed E-state index contributed by atoms with van der Waals surface area (Å²) in [5.74, 6) is -0.604. The van der Waals surface area contributed by atoms with Gasteiger partial charge in [-0.3, -0.25) is 25.8 Å². The van der Waals surface area contributed by atoms with Gasteiger partial charge in [0.25, 0.3) is 5.91 Å². The van der Waals surface area contributed by atoms with Crippen LogP contribution in [0.4, 0.5) is 0 Å². The zero-order chi connectivity index (χ0) is 23.5. The van der Waals surface area contributed by atoms with Crippen molar-refractivity contribution in [2.45, 2.75) is 25.7 Å². The van der Waals surface area contributed by atoms with Crippen molar-refractivity contribution in [2.75, 3.05) is 6.61 Å². The third kappa shape index (κ3) is 7.15. The van der Waals surface area contributed by atoms with Crippen molar-refractivity contribution in [3.63, 3.8) is 0 Å². The van der Waals surface area contributed by atoms with Crippen LogP contribution in [0.15, 0.2) is 84.9 Å². The van der Waals surface area contributed by atoms with Gasteiger partial charge >= 0.3 is 0 Å². The lowest BCUT2D eigenvalue weighted by Crippen LogP contribution is -2.49. The first kappa shape index (κ1) is 23.9. The third-order valence-corrected chi connectivity index (χ3v) is 5.12. The summed E-state index contributed by atoms with van der Waals surface area (Å²) < 4.78 is 5.65. The molecule has 0 bridgehead atoms. The molecule has 6 nitrogen and oxygen atoms in total. The molecule has 0 aliphatic carbocycles. The van der Waals surface area contributed by atoms with Gasteiger partial charge < -0.3 is 4.74 Å². The van der Waals surface area contributed by atoms with Crippen LogP contribution in [0.3, 0.4) is 0 Å². The second-order valence-corrected chi connectivity index (χ2v) is 7.79. The summed E-state index contributed by atoms with van der Waals surface area (Å²) >= 11 is 5.20. The van der Waals surface area contributed by atoms with Gasteiger partial charge in [0.15, 0.2) is 5.11 Å². The maximum absolute atomic E-state index is 13.0. The highest BCUT2D eigenvalue weighted by Crippen LogP contribution is 2.24. The number of nitrogens with one attached hydrogen (secondary N) is 3. The molecule has 0 atom stereocenters. The van der Waals surface area contributed by atoms with Crippen LogP contribution in [0.5, 0.6) is 5.75 Å². The normalized spacial score (nSPS) is 10.4. The molecule has 0 aliphatic heterocycles. The number of unbranched alkanes of at least 4 members (excludes halogenated alkanes) is 1. The highest BCUT2D eigenvalue weighted by atomic mass is 32.1. The Morgan fingerprint density at radius 2 is 1.52 bits per heavy atom.